The average Bonchev–Trinajstić information content (AvgIpc) is 2.76. The summed E-state index contributed by atoms with van der Waals surface area (Å²) in [5, 5.41) is 6.40. The van der Waals surface area contributed by atoms with E-state index in [1.165, 1.54) is 10.5 Å². The molecule has 8 heteroatoms. The lowest BCUT2D eigenvalue weighted by molar-refractivity contribution is 0.316. The van der Waals surface area contributed by atoms with Gasteiger partial charge in [0.1, 0.15) is 4.90 Å². The Balaban J connectivity index is 2.15. The Bertz CT molecular complexity index is 544. The van der Waals surface area contributed by atoms with Crippen LogP contribution in [0.4, 0.5) is 0 Å². The smallest absolute Gasteiger partial charge is 0.246 e. The molecule has 3 N–H and O–H groups in total. The molecule has 0 aliphatic carbocycles. The van der Waals surface area contributed by atoms with Gasteiger partial charge in [-0.1, -0.05) is 12.2 Å². The van der Waals surface area contributed by atoms with Crippen molar-refractivity contribution in [1.29, 1.82) is 0 Å². The molecule has 1 fully saturated rings. The molecule has 0 bridgehead atoms. The number of aromatic nitrogens is 2. The Labute approximate surface area is 112 Å². The zero-order chi connectivity index (χ0) is 13.3. The molecule has 1 aromatic rings. The summed E-state index contributed by atoms with van der Waals surface area (Å²) in [7, 11) is -3.44. The maximum atomic E-state index is 12.3. The number of aryl methyl sites for hydroxylation is 1. The van der Waals surface area contributed by atoms with Crippen molar-refractivity contribution in [1.82, 2.24) is 14.5 Å². The summed E-state index contributed by atoms with van der Waals surface area (Å²) in [5.74, 6) is 0.150. The summed E-state index contributed by atoms with van der Waals surface area (Å²) in [5.41, 5.74) is 6.15. The lowest BCUT2D eigenvalue weighted by Gasteiger charge is -2.30. The highest BCUT2D eigenvalue weighted by molar-refractivity contribution is 7.89. The highest BCUT2D eigenvalue weighted by Gasteiger charge is 2.31. The van der Waals surface area contributed by atoms with Gasteiger partial charge in [-0.25, -0.2) is 8.42 Å². The van der Waals surface area contributed by atoms with Gasteiger partial charge in [-0.2, -0.15) is 9.40 Å². The summed E-state index contributed by atoms with van der Waals surface area (Å²) in [6.45, 7) is 2.60. The molecule has 6 nitrogen and oxygen atoms in total. The van der Waals surface area contributed by atoms with Crippen LogP contribution in [0.1, 0.15) is 18.5 Å². The molecule has 2 heterocycles. The first-order chi connectivity index (χ1) is 8.43. The molecule has 1 aromatic heterocycles. The minimum absolute atomic E-state index is 0.150. The molecule has 1 saturated heterocycles. The van der Waals surface area contributed by atoms with Crippen molar-refractivity contribution < 1.29 is 8.42 Å². The van der Waals surface area contributed by atoms with Crippen LogP contribution < -0.4 is 5.73 Å². The van der Waals surface area contributed by atoms with Crippen LogP contribution in [-0.2, 0) is 10.0 Å². The first kappa shape index (κ1) is 13.4. The van der Waals surface area contributed by atoms with Crippen molar-refractivity contribution in [2.75, 3.05) is 13.1 Å². The number of nitrogens with two attached hydrogens (primary N) is 1. The van der Waals surface area contributed by atoms with Crippen LogP contribution in [0.25, 0.3) is 0 Å². The van der Waals surface area contributed by atoms with E-state index in [0.717, 1.165) is 0 Å². The zero-order valence-electron chi connectivity index (χ0n) is 10.1. The van der Waals surface area contributed by atoms with Gasteiger partial charge in [0, 0.05) is 19.0 Å². The number of piperidine rings is 1. The maximum absolute atomic E-state index is 12.3. The zero-order valence-corrected chi connectivity index (χ0v) is 11.7. The van der Waals surface area contributed by atoms with Crippen LogP contribution in [0.15, 0.2) is 11.1 Å². The van der Waals surface area contributed by atoms with Crippen molar-refractivity contribution in [2.24, 2.45) is 11.7 Å². The molecule has 0 spiro atoms. The predicted octanol–water partition coefficient (Wildman–Crippen LogP) is 0.405. The third-order valence-corrected chi connectivity index (χ3v) is 5.60. The number of hydrogen-bond acceptors (Lipinski definition) is 4. The number of sulfonamides is 1. The molecular weight excluding hydrogens is 272 g/mol. The summed E-state index contributed by atoms with van der Waals surface area (Å²) >= 11 is 4.94. The number of thiocarbonyl (C=S) groups is 1. The summed E-state index contributed by atoms with van der Waals surface area (Å²) < 4.78 is 26.2. The second-order valence-electron chi connectivity index (χ2n) is 4.44. The molecule has 0 amide bonds. The third-order valence-electron chi connectivity index (χ3n) is 3.26. The van der Waals surface area contributed by atoms with E-state index in [1.807, 2.05) is 0 Å². The number of nitrogens with zero attached hydrogens (tertiary/aromatic N) is 2. The Morgan fingerprint density at radius 3 is 2.61 bits per heavy atom. The average molecular weight is 288 g/mol. The SMILES string of the molecule is Cc1[nH]ncc1S(=O)(=O)N1CCC(C(N)=S)CC1. The van der Waals surface area contributed by atoms with Gasteiger partial charge in [0.2, 0.25) is 10.0 Å². The molecule has 0 aromatic carbocycles. The molecule has 18 heavy (non-hydrogen) atoms. The number of hydrogen-bond donors (Lipinski definition) is 2. The lowest BCUT2D eigenvalue weighted by Crippen LogP contribution is -2.41. The van der Waals surface area contributed by atoms with Crippen LogP contribution in [0.3, 0.4) is 0 Å². The van der Waals surface area contributed by atoms with E-state index in [0.29, 0.717) is 36.6 Å². The molecule has 100 valence electrons. The van der Waals surface area contributed by atoms with Crippen molar-refractivity contribution in [3.05, 3.63) is 11.9 Å². The van der Waals surface area contributed by atoms with E-state index in [4.69, 9.17) is 18.0 Å². The minimum atomic E-state index is -3.44. The monoisotopic (exact) mass is 288 g/mol. The van der Waals surface area contributed by atoms with E-state index < -0.39 is 10.0 Å². The fourth-order valence-electron chi connectivity index (χ4n) is 2.12. The number of aromatic amines is 1. The van der Waals surface area contributed by atoms with Crippen molar-refractivity contribution in [2.45, 2.75) is 24.7 Å². The molecule has 0 atom stereocenters. The minimum Gasteiger partial charge on any atom is -0.393 e. The van der Waals surface area contributed by atoms with Gasteiger partial charge in [0.15, 0.2) is 0 Å². The number of rotatable bonds is 3. The summed E-state index contributed by atoms with van der Waals surface area (Å²) in [4.78, 5) is 0.725. The molecule has 0 saturated carbocycles. The second kappa shape index (κ2) is 4.94. The van der Waals surface area contributed by atoms with Gasteiger partial charge in [-0.05, 0) is 19.8 Å². The van der Waals surface area contributed by atoms with Gasteiger partial charge in [-0.15, -0.1) is 0 Å². The highest BCUT2D eigenvalue weighted by Crippen LogP contribution is 2.24. The van der Waals surface area contributed by atoms with Gasteiger partial charge in [0.05, 0.1) is 16.9 Å². The van der Waals surface area contributed by atoms with Crippen molar-refractivity contribution >= 4 is 27.2 Å². The fourth-order valence-corrected chi connectivity index (χ4v) is 3.94. The molecular formula is C10H16N4O2S2. The van der Waals surface area contributed by atoms with Crippen LogP contribution in [-0.4, -0.2) is 41.0 Å². The Kier molecular flexibility index (Phi) is 3.69. The van der Waals surface area contributed by atoms with E-state index in [-0.39, 0.29) is 10.8 Å². The van der Waals surface area contributed by atoms with Gasteiger partial charge in [0.25, 0.3) is 0 Å². The van der Waals surface area contributed by atoms with E-state index in [2.05, 4.69) is 10.2 Å². The molecule has 0 radical (unpaired) electrons. The van der Waals surface area contributed by atoms with Gasteiger partial charge >= 0.3 is 0 Å². The van der Waals surface area contributed by atoms with Crippen LogP contribution >= 0.6 is 12.2 Å². The van der Waals surface area contributed by atoms with E-state index in [1.54, 1.807) is 6.92 Å². The lowest BCUT2D eigenvalue weighted by atomic mass is 9.98. The molecule has 0 unspecified atom stereocenters. The van der Waals surface area contributed by atoms with E-state index in [9.17, 15) is 8.42 Å². The first-order valence-electron chi connectivity index (χ1n) is 5.72. The summed E-state index contributed by atoms with van der Waals surface area (Å²) in [6, 6.07) is 0. The maximum Gasteiger partial charge on any atom is 0.246 e. The van der Waals surface area contributed by atoms with Crippen LogP contribution in [0, 0.1) is 12.8 Å². The predicted molar refractivity (Wildman–Crippen MR) is 71.6 cm³/mol. The Morgan fingerprint density at radius 2 is 2.17 bits per heavy atom. The van der Waals surface area contributed by atoms with Gasteiger partial charge < -0.3 is 5.73 Å². The molecule has 2 rings (SSSR count). The second-order valence-corrected chi connectivity index (χ2v) is 6.82. The first-order valence-corrected chi connectivity index (χ1v) is 7.57. The standard InChI is InChI=1S/C10H16N4O2S2/c1-7-9(6-12-13-7)18(15,16)14-4-2-8(3-5-14)10(11)17/h6,8H,2-5H2,1H3,(H2,11,17)(H,12,13). The fraction of sp³-hybridized carbons (Fsp3) is 0.600. The Morgan fingerprint density at radius 1 is 1.56 bits per heavy atom. The summed E-state index contributed by atoms with van der Waals surface area (Å²) in [6.07, 6.45) is 2.72. The largest absolute Gasteiger partial charge is 0.393 e. The molecule has 1 aliphatic heterocycles. The van der Waals surface area contributed by atoms with Crippen molar-refractivity contribution in [3.8, 4) is 0 Å². The van der Waals surface area contributed by atoms with Gasteiger partial charge in [-0.3, -0.25) is 5.10 Å². The van der Waals surface area contributed by atoms with E-state index >= 15 is 0 Å². The normalized spacial score (nSPS) is 18.9. The number of nitrogens with one attached hydrogen (secondary N) is 1. The highest BCUT2D eigenvalue weighted by atomic mass is 32.2. The Hall–Kier alpha value is -0.990. The van der Waals surface area contributed by atoms with Crippen LogP contribution in [0.5, 0.6) is 0 Å². The quantitative estimate of drug-likeness (QED) is 0.786. The topological polar surface area (TPSA) is 92.1 Å². The molecule has 1 aliphatic rings. The van der Waals surface area contributed by atoms with Crippen LogP contribution in [0.2, 0.25) is 0 Å². The number of H-pyrrole nitrogens is 1. The third kappa shape index (κ3) is 2.40. The van der Waals surface area contributed by atoms with Crippen molar-refractivity contribution in [3.63, 3.8) is 0 Å².